The first-order valence-corrected chi connectivity index (χ1v) is 20.3. The SMILES string of the molecule is CN(CCOCCOCCOCCOCCOCCOCCOCCOCCOCCOCCC(=O)OC(C)(C)C)C(=O)OCC1c2ccccc2-c2ccccc21. The smallest absolute Gasteiger partial charge is 0.409 e. The topological polar surface area (TPSA) is 148 Å². The van der Waals surface area contributed by atoms with E-state index in [1.807, 2.05) is 45.0 Å². The van der Waals surface area contributed by atoms with Gasteiger partial charge in [-0.2, -0.15) is 0 Å². The van der Waals surface area contributed by atoms with E-state index in [0.29, 0.717) is 145 Å². The molecule has 3 rings (SSSR count). The molecule has 0 saturated carbocycles. The van der Waals surface area contributed by atoms with Gasteiger partial charge in [-0.15, -0.1) is 0 Å². The molecular formula is C43H67NO14. The monoisotopic (exact) mass is 821 g/mol. The maximum absolute atomic E-state index is 12.6. The lowest BCUT2D eigenvalue weighted by atomic mass is 9.98. The van der Waals surface area contributed by atoms with Crippen molar-refractivity contribution >= 4 is 12.1 Å². The number of ether oxygens (including phenoxy) is 12. The molecule has 0 bridgehead atoms. The second kappa shape index (κ2) is 30.8. The van der Waals surface area contributed by atoms with Gasteiger partial charge in [-0.3, -0.25) is 4.79 Å². The molecular weight excluding hydrogens is 754 g/mol. The first kappa shape index (κ1) is 49.1. The minimum atomic E-state index is -0.480. The van der Waals surface area contributed by atoms with Crippen LogP contribution in [-0.4, -0.2) is 175 Å². The minimum absolute atomic E-state index is 0.0345. The molecule has 0 heterocycles. The molecule has 0 fully saturated rings. The Bertz CT molecular complexity index is 1330. The molecule has 1 aliphatic carbocycles. The minimum Gasteiger partial charge on any atom is -0.460 e. The van der Waals surface area contributed by atoms with Crippen molar-refractivity contribution in [3.63, 3.8) is 0 Å². The predicted octanol–water partition coefficient (Wildman–Crippen LogP) is 4.77. The molecule has 0 spiro atoms. The van der Waals surface area contributed by atoms with Gasteiger partial charge in [-0.25, -0.2) is 4.79 Å². The summed E-state index contributed by atoms with van der Waals surface area (Å²) in [6.07, 6.45) is -0.142. The van der Waals surface area contributed by atoms with Gasteiger partial charge in [0.15, 0.2) is 0 Å². The number of likely N-dealkylation sites (N-methyl/N-ethyl adjacent to an activating group) is 1. The van der Waals surface area contributed by atoms with Crippen LogP contribution >= 0.6 is 0 Å². The van der Waals surface area contributed by atoms with E-state index in [9.17, 15) is 9.59 Å². The molecule has 0 aromatic heterocycles. The molecule has 15 heteroatoms. The lowest BCUT2D eigenvalue weighted by Gasteiger charge is -2.19. The van der Waals surface area contributed by atoms with E-state index in [1.165, 1.54) is 27.2 Å². The van der Waals surface area contributed by atoms with Crippen molar-refractivity contribution in [2.75, 3.05) is 152 Å². The van der Waals surface area contributed by atoms with Crippen LogP contribution in [0.15, 0.2) is 48.5 Å². The summed E-state index contributed by atoms with van der Waals surface area (Å²) in [5.74, 6) is -0.235. The summed E-state index contributed by atoms with van der Waals surface area (Å²) >= 11 is 0. The Morgan fingerprint density at radius 2 is 0.828 bits per heavy atom. The van der Waals surface area contributed by atoms with Crippen molar-refractivity contribution in [1.29, 1.82) is 0 Å². The highest BCUT2D eigenvalue weighted by Gasteiger charge is 2.29. The van der Waals surface area contributed by atoms with Crippen LogP contribution in [0.3, 0.4) is 0 Å². The quantitative estimate of drug-likeness (QED) is 0.0695. The molecule has 58 heavy (non-hydrogen) atoms. The van der Waals surface area contributed by atoms with Crippen LogP contribution in [0.4, 0.5) is 4.79 Å². The summed E-state index contributed by atoms with van der Waals surface area (Å²) < 4.78 is 65.9. The Balaban J connectivity index is 0.962. The Labute approximate surface area is 344 Å². The molecule has 1 amide bonds. The fourth-order valence-corrected chi connectivity index (χ4v) is 5.63. The molecule has 328 valence electrons. The third kappa shape index (κ3) is 22.2. The number of amides is 1. The molecule has 0 unspecified atom stereocenters. The lowest BCUT2D eigenvalue weighted by Crippen LogP contribution is -2.32. The van der Waals surface area contributed by atoms with Crippen LogP contribution in [0, 0.1) is 0 Å². The molecule has 2 aromatic carbocycles. The highest BCUT2D eigenvalue weighted by atomic mass is 16.6. The van der Waals surface area contributed by atoms with Crippen LogP contribution in [0.25, 0.3) is 11.1 Å². The van der Waals surface area contributed by atoms with Gasteiger partial charge in [0.25, 0.3) is 0 Å². The Morgan fingerprint density at radius 1 is 0.500 bits per heavy atom. The summed E-state index contributed by atoms with van der Waals surface area (Å²) in [7, 11) is 1.71. The van der Waals surface area contributed by atoms with E-state index in [1.54, 1.807) is 7.05 Å². The second-order valence-corrected chi connectivity index (χ2v) is 14.2. The average molecular weight is 822 g/mol. The van der Waals surface area contributed by atoms with E-state index in [2.05, 4.69) is 24.3 Å². The zero-order valence-electron chi connectivity index (χ0n) is 35.1. The Hall–Kier alpha value is -3.22. The highest BCUT2D eigenvalue weighted by molar-refractivity contribution is 5.79. The number of hydrogen-bond donors (Lipinski definition) is 0. The van der Waals surface area contributed by atoms with Crippen LogP contribution in [0.1, 0.15) is 44.2 Å². The summed E-state index contributed by atoms with van der Waals surface area (Å²) in [5, 5.41) is 0. The predicted molar refractivity (Wildman–Crippen MR) is 216 cm³/mol. The van der Waals surface area contributed by atoms with Crippen molar-refractivity contribution in [3.05, 3.63) is 59.7 Å². The maximum atomic E-state index is 12.6. The number of rotatable bonds is 35. The van der Waals surface area contributed by atoms with Crippen molar-refractivity contribution in [2.24, 2.45) is 0 Å². The van der Waals surface area contributed by atoms with Crippen molar-refractivity contribution in [2.45, 2.75) is 38.7 Å². The zero-order chi connectivity index (χ0) is 41.5. The van der Waals surface area contributed by atoms with Crippen LogP contribution in [0.5, 0.6) is 0 Å². The molecule has 0 aliphatic heterocycles. The van der Waals surface area contributed by atoms with Gasteiger partial charge in [0.2, 0.25) is 0 Å². The van der Waals surface area contributed by atoms with Gasteiger partial charge in [0, 0.05) is 19.5 Å². The van der Waals surface area contributed by atoms with Gasteiger partial charge < -0.3 is 61.7 Å². The van der Waals surface area contributed by atoms with E-state index in [0.717, 1.165) is 0 Å². The molecule has 1 aliphatic rings. The standard InChI is InChI=1S/C43H67NO14/c1-43(2,3)58-41(45)13-15-47-17-19-49-21-23-51-25-27-53-29-31-55-33-34-56-32-30-54-28-26-52-24-22-50-20-18-48-16-14-44(4)42(46)57-35-40-38-11-7-5-9-36(38)37-10-6-8-12-39(37)40/h5-12,40H,13-35H2,1-4H3. The molecule has 0 radical (unpaired) electrons. The number of carbonyl (C=O) groups is 2. The van der Waals surface area contributed by atoms with Crippen LogP contribution in [-0.2, 0) is 61.6 Å². The molecule has 15 nitrogen and oxygen atoms in total. The van der Waals surface area contributed by atoms with Gasteiger partial charge in [-0.05, 0) is 43.0 Å². The van der Waals surface area contributed by atoms with E-state index in [4.69, 9.17) is 56.8 Å². The summed E-state index contributed by atoms with van der Waals surface area (Å²) in [5.41, 5.74) is 4.30. The van der Waals surface area contributed by atoms with Gasteiger partial charge >= 0.3 is 12.1 Å². The Kier molecular flexibility index (Phi) is 26.1. The second-order valence-electron chi connectivity index (χ2n) is 14.2. The normalized spacial score (nSPS) is 12.4. The Morgan fingerprint density at radius 3 is 1.19 bits per heavy atom. The summed E-state index contributed by atoms with van der Waals surface area (Å²) in [4.78, 5) is 25.7. The highest BCUT2D eigenvalue weighted by Crippen LogP contribution is 2.44. The third-order valence-electron chi connectivity index (χ3n) is 8.44. The average Bonchev–Trinajstić information content (AvgIpc) is 3.52. The van der Waals surface area contributed by atoms with Gasteiger partial charge in [0.1, 0.15) is 12.2 Å². The van der Waals surface area contributed by atoms with E-state index >= 15 is 0 Å². The van der Waals surface area contributed by atoms with Gasteiger partial charge in [-0.1, -0.05) is 48.5 Å². The maximum Gasteiger partial charge on any atom is 0.409 e. The fraction of sp³-hybridized carbons (Fsp3) is 0.674. The first-order chi connectivity index (χ1) is 28.3. The van der Waals surface area contributed by atoms with Crippen LogP contribution < -0.4 is 0 Å². The molecule has 2 aromatic rings. The van der Waals surface area contributed by atoms with Crippen molar-refractivity contribution in [3.8, 4) is 11.1 Å². The number of carbonyl (C=O) groups excluding carboxylic acids is 2. The largest absolute Gasteiger partial charge is 0.460 e. The summed E-state index contributed by atoms with van der Waals surface area (Å²) in [6.45, 7) is 15.3. The fourth-order valence-electron chi connectivity index (χ4n) is 5.63. The zero-order valence-corrected chi connectivity index (χ0v) is 35.1. The number of esters is 1. The lowest BCUT2D eigenvalue weighted by molar-refractivity contribution is -0.156. The molecule has 0 atom stereocenters. The first-order valence-electron chi connectivity index (χ1n) is 20.3. The van der Waals surface area contributed by atoms with Gasteiger partial charge in [0.05, 0.1) is 139 Å². The number of nitrogens with zero attached hydrogens (tertiary/aromatic N) is 1. The summed E-state index contributed by atoms with van der Waals surface area (Å²) in [6, 6.07) is 16.6. The third-order valence-corrected chi connectivity index (χ3v) is 8.44. The molecule has 0 N–H and O–H groups in total. The number of hydrogen-bond acceptors (Lipinski definition) is 14. The van der Waals surface area contributed by atoms with E-state index < -0.39 is 5.60 Å². The van der Waals surface area contributed by atoms with Crippen LogP contribution in [0.2, 0.25) is 0 Å². The number of benzene rings is 2. The van der Waals surface area contributed by atoms with Crippen molar-refractivity contribution in [1.82, 2.24) is 4.90 Å². The van der Waals surface area contributed by atoms with Crippen molar-refractivity contribution < 1.29 is 66.4 Å². The number of fused-ring (bicyclic) bond motifs is 3. The molecule has 0 saturated heterocycles. The van der Waals surface area contributed by atoms with E-state index in [-0.39, 0.29) is 24.4 Å².